The first-order valence-corrected chi connectivity index (χ1v) is 8.14. The number of aryl methyl sites for hydroxylation is 1. The Morgan fingerprint density at radius 3 is 2.72 bits per heavy atom. The van der Waals surface area contributed by atoms with Crippen LogP contribution >= 0.6 is 11.6 Å². The van der Waals surface area contributed by atoms with Crippen molar-refractivity contribution in [2.75, 3.05) is 39.6 Å². The van der Waals surface area contributed by atoms with E-state index in [1.165, 1.54) is 6.33 Å². The molecule has 0 fully saturated rings. The Bertz CT molecular complexity index is 752. The second-order valence-corrected chi connectivity index (χ2v) is 6.18. The number of anilines is 2. The number of nitrogens with one attached hydrogen (secondary N) is 2. The summed E-state index contributed by atoms with van der Waals surface area (Å²) in [5.41, 5.74) is 1.91. The molecular weight excluding hydrogens is 342 g/mol. The number of hydrogen-bond donors (Lipinski definition) is 2. The van der Waals surface area contributed by atoms with E-state index in [2.05, 4.69) is 20.6 Å². The number of likely N-dealkylation sites (N-methyl/N-ethyl adjacent to an activating group) is 1. The number of methoxy groups -OCH3 is 1. The molecule has 0 aliphatic carbocycles. The summed E-state index contributed by atoms with van der Waals surface area (Å²) >= 11 is 6.12. The lowest BCUT2D eigenvalue weighted by atomic mass is 10.2. The predicted octanol–water partition coefficient (Wildman–Crippen LogP) is 2.48. The van der Waals surface area contributed by atoms with Crippen molar-refractivity contribution in [3.8, 4) is 5.75 Å². The Labute approximate surface area is 152 Å². The lowest BCUT2D eigenvalue weighted by Gasteiger charge is -2.13. The first-order valence-electron chi connectivity index (χ1n) is 7.77. The minimum atomic E-state index is -0.244. The van der Waals surface area contributed by atoms with Crippen molar-refractivity contribution in [3.63, 3.8) is 0 Å². The van der Waals surface area contributed by atoms with Crippen LogP contribution in [0.1, 0.15) is 16.1 Å². The standard InChI is InChI=1S/C17H22ClN5O2/c1-11-7-13(15(25-4)8-12(11)18)22-16-9-14(20-10-21-16)17(24)19-5-6-23(2)3/h7-10H,5-6H2,1-4H3,(H,19,24)(H,20,21,22). The molecule has 0 unspecified atom stereocenters. The van der Waals surface area contributed by atoms with E-state index < -0.39 is 0 Å². The normalized spacial score (nSPS) is 10.6. The van der Waals surface area contributed by atoms with Crippen LogP contribution < -0.4 is 15.4 Å². The van der Waals surface area contributed by atoms with Crippen LogP contribution in [0.2, 0.25) is 5.02 Å². The molecule has 0 atom stereocenters. The molecule has 2 rings (SSSR count). The van der Waals surface area contributed by atoms with E-state index in [0.717, 1.165) is 12.1 Å². The largest absolute Gasteiger partial charge is 0.495 e. The quantitative estimate of drug-likeness (QED) is 0.786. The van der Waals surface area contributed by atoms with Crippen molar-refractivity contribution in [2.24, 2.45) is 0 Å². The van der Waals surface area contributed by atoms with Gasteiger partial charge < -0.3 is 20.3 Å². The van der Waals surface area contributed by atoms with Gasteiger partial charge in [-0.1, -0.05) is 11.6 Å². The van der Waals surface area contributed by atoms with Crippen LogP contribution in [-0.4, -0.2) is 55.1 Å². The van der Waals surface area contributed by atoms with Gasteiger partial charge in [0.25, 0.3) is 5.91 Å². The van der Waals surface area contributed by atoms with Gasteiger partial charge >= 0.3 is 0 Å². The highest BCUT2D eigenvalue weighted by atomic mass is 35.5. The number of aromatic nitrogens is 2. The molecule has 1 aromatic carbocycles. The third-order valence-corrected chi connectivity index (χ3v) is 3.89. The summed E-state index contributed by atoms with van der Waals surface area (Å²) in [6, 6.07) is 5.18. The first kappa shape index (κ1) is 19.0. The monoisotopic (exact) mass is 363 g/mol. The van der Waals surface area contributed by atoms with Crippen molar-refractivity contribution in [1.82, 2.24) is 20.2 Å². The van der Waals surface area contributed by atoms with Crippen molar-refractivity contribution >= 4 is 29.0 Å². The highest BCUT2D eigenvalue weighted by Crippen LogP contribution is 2.32. The second-order valence-electron chi connectivity index (χ2n) is 5.77. The Kier molecular flexibility index (Phi) is 6.55. The van der Waals surface area contributed by atoms with Crippen LogP contribution in [0.15, 0.2) is 24.5 Å². The minimum absolute atomic E-state index is 0.244. The lowest BCUT2D eigenvalue weighted by molar-refractivity contribution is 0.0946. The molecule has 0 saturated heterocycles. The average Bonchev–Trinajstić information content (AvgIpc) is 2.57. The number of ether oxygens (including phenoxy) is 1. The molecule has 0 aliphatic rings. The molecule has 1 aromatic heterocycles. The van der Waals surface area contributed by atoms with Gasteiger partial charge in [0.05, 0.1) is 12.8 Å². The van der Waals surface area contributed by atoms with Crippen LogP contribution in [-0.2, 0) is 0 Å². The first-order chi connectivity index (χ1) is 11.9. The van der Waals surface area contributed by atoms with Gasteiger partial charge in [0.2, 0.25) is 0 Å². The van der Waals surface area contributed by atoms with Crippen molar-refractivity contribution in [1.29, 1.82) is 0 Å². The molecule has 1 heterocycles. The van der Waals surface area contributed by atoms with Crippen LogP contribution in [0.5, 0.6) is 5.75 Å². The maximum atomic E-state index is 12.2. The number of carbonyl (C=O) groups excluding carboxylic acids is 1. The fraction of sp³-hybridized carbons (Fsp3) is 0.353. The summed E-state index contributed by atoms with van der Waals surface area (Å²) in [6.45, 7) is 3.20. The third kappa shape index (κ3) is 5.30. The van der Waals surface area contributed by atoms with Gasteiger partial charge in [-0.15, -0.1) is 0 Å². The van der Waals surface area contributed by atoms with Gasteiger partial charge in [-0.2, -0.15) is 0 Å². The number of nitrogens with zero attached hydrogens (tertiary/aromatic N) is 3. The maximum absolute atomic E-state index is 12.2. The number of rotatable bonds is 7. The van der Waals surface area contributed by atoms with Gasteiger partial charge in [0, 0.05) is 30.2 Å². The molecule has 25 heavy (non-hydrogen) atoms. The van der Waals surface area contributed by atoms with Gasteiger partial charge in [0.15, 0.2) is 0 Å². The fourth-order valence-electron chi connectivity index (χ4n) is 2.10. The van der Waals surface area contributed by atoms with E-state index in [1.54, 1.807) is 19.2 Å². The topological polar surface area (TPSA) is 79.4 Å². The Morgan fingerprint density at radius 1 is 1.28 bits per heavy atom. The van der Waals surface area contributed by atoms with E-state index in [4.69, 9.17) is 16.3 Å². The van der Waals surface area contributed by atoms with E-state index in [9.17, 15) is 4.79 Å². The minimum Gasteiger partial charge on any atom is -0.495 e. The van der Waals surface area contributed by atoms with Crippen LogP contribution in [0, 0.1) is 6.92 Å². The molecule has 0 radical (unpaired) electrons. The Balaban J connectivity index is 2.14. The zero-order valence-corrected chi connectivity index (χ0v) is 15.5. The number of amides is 1. The van der Waals surface area contributed by atoms with E-state index >= 15 is 0 Å². The van der Waals surface area contributed by atoms with Gasteiger partial charge in [-0.3, -0.25) is 4.79 Å². The van der Waals surface area contributed by atoms with Crippen molar-refractivity contribution in [2.45, 2.75) is 6.92 Å². The highest BCUT2D eigenvalue weighted by Gasteiger charge is 2.11. The molecule has 1 amide bonds. The van der Waals surface area contributed by atoms with Crippen LogP contribution in [0.4, 0.5) is 11.5 Å². The number of carbonyl (C=O) groups is 1. The van der Waals surface area contributed by atoms with E-state index in [1.807, 2.05) is 32.0 Å². The third-order valence-electron chi connectivity index (χ3n) is 3.49. The van der Waals surface area contributed by atoms with Crippen LogP contribution in [0.3, 0.4) is 0 Å². The molecule has 0 bridgehead atoms. The van der Waals surface area contributed by atoms with Crippen molar-refractivity contribution in [3.05, 3.63) is 40.8 Å². The zero-order chi connectivity index (χ0) is 18.4. The summed E-state index contributed by atoms with van der Waals surface area (Å²) in [5.74, 6) is 0.838. The second kappa shape index (κ2) is 8.64. The molecule has 2 N–H and O–H groups in total. The summed E-state index contributed by atoms with van der Waals surface area (Å²) in [7, 11) is 5.45. The lowest BCUT2D eigenvalue weighted by Crippen LogP contribution is -2.31. The number of benzene rings is 1. The molecule has 2 aromatic rings. The predicted molar refractivity (Wildman–Crippen MR) is 98.9 cm³/mol. The summed E-state index contributed by atoms with van der Waals surface area (Å²) in [4.78, 5) is 22.3. The van der Waals surface area contributed by atoms with E-state index in [-0.39, 0.29) is 5.91 Å². The van der Waals surface area contributed by atoms with Crippen LogP contribution in [0.25, 0.3) is 0 Å². The highest BCUT2D eigenvalue weighted by molar-refractivity contribution is 6.31. The fourth-order valence-corrected chi connectivity index (χ4v) is 2.25. The Morgan fingerprint density at radius 2 is 2.04 bits per heavy atom. The Hall–Kier alpha value is -2.38. The molecule has 8 heteroatoms. The molecule has 0 saturated carbocycles. The van der Waals surface area contributed by atoms with Gasteiger partial charge in [-0.05, 0) is 32.6 Å². The molecule has 7 nitrogen and oxygen atoms in total. The molecule has 134 valence electrons. The van der Waals surface area contributed by atoms with Gasteiger partial charge in [-0.25, -0.2) is 9.97 Å². The van der Waals surface area contributed by atoms with Gasteiger partial charge in [0.1, 0.15) is 23.6 Å². The van der Waals surface area contributed by atoms with E-state index in [0.29, 0.717) is 34.5 Å². The maximum Gasteiger partial charge on any atom is 0.270 e. The summed E-state index contributed by atoms with van der Waals surface area (Å²) in [5, 5.41) is 6.57. The smallest absolute Gasteiger partial charge is 0.270 e. The molecule has 0 spiro atoms. The molecular formula is C17H22ClN5O2. The number of halogens is 1. The SMILES string of the molecule is COc1cc(Cl)c(C)cc1Nc1cc(C(=O)NCCN(C)C)ncn1. The van der Waals surface area contributed by atoms with Crippen molar-refractivity contribution < 1.29 is 9.53 Å². The molecule has 0 aliphatic heterocycles. The summed E-state index contributed by atoms with van der Waals surface area (Å²) in [6.07, 6.45) is 1.35. The summed E-state index contributed by atoms with van der Waals surface area (Å²) < 4.78 is 5.33. The zero-order valence-electron chi connectivity index (χ0n) is 14.8. The average molecular weight is 364 g/mol. The number of hydrogen-bond acceptors (Lipinski definition) is 6.